The number of hydrogen-bond acceptors (Lipinski definition) is 5. The number of rotatable bonds is 3. The molecule has 0 N–H and O–H groups in total. The van der Waals surface area contributed by atoms with Crippen LogP contribution in [0.15, 0.2) is 35.1 Å². The first-order chi connectivity index (χ1) is 9.10. The third kappa shape index (κ3) is 3.42. The summed E-state index contributed by atoms with van der Waals surface area (Å²) >= 11 is 9.23. The van der Waals surface area contributed by atoms with Gasteiger partial charge in [-0.3, -0.25) is 0 Å². The number of benzene rings is 1. The van der Waals surface area contributed by atoms with Crippen molar-refractivity contribution in [2.24, 2.45) is 0 Å². The molecule has 0 aliphatic rings. The van der Waals surface area contributed by atoms with Crippen LogP contribution in [0.4, 0.5) is 0 Å². The Balaban J connectivity index is 2.22. The number of ether oxygens (including phenoxy) is 2. The van der Waals surface area contributed by atoms with Gasteiger partial charge < -0.3 is 9.47 Å². The van der Waals surface area contributed by atoms with E-state index in [1.165, 1.54) is 13.2 Å². The Hall–Kier alpha value is -1.66. The molecule has 0 saturated carbocycles. The number of carbonyl (C=O) groups excluding carboxylic acids is 1. The number of halogens is 2. The van der Waals surface area contributed by atoms with Crippen molar-refractivity contribution in [3.8, 4) is 11.8 Å². The van der Waals surface area contributed by atoms with Crippen molar-refractivity contribution in [3.05, 3.63) is 45.7 Å². The van der Waals surface area contributed by atoms with E-state index in [0.29, 0.717) is 11.3 Å². The lowest BCUT2D eigenvalue weighted by Gasteiger charge is -2.06. The molecule has 0 spiro atoms. The van der Waals surface area contributed by atoms with Crippen molar-refractivity contribution in [3.63, 3.8) is 0 Å². The van der Waals surface area contributed by atoms with Crippen LogP contribution in [0.2, 0.25) is 5.02 Å². The molecule has 0 amide bonds. The summed E-state index contributed by atoms with van der Waals surface area (Å²) < 4.78 is 10.7. The Morgan fingerprint density at radius 1 is 1.32 bits per heavy atom. The van der Waals surface area contributed by atoms with Crippen LogP contribution in [0.1, 0.15) is 10.4 Å². The molecule has 1 aromatic carbocycles. The molecule has 0 bridgehead atoms. The Morgan fingerprint density at radius 2 is 2.00 bits per heavy atom. The average molecular weight is 344 g/mol. The van der Waals surface area contributed by atoms with Crippen LogP contribution in [-0.2, 0) is 4.74 Å². The quantitative estimate of drug-likeness (QED) is 0.799. The van der Waals surface area contributed by atoms with Crippen LogP contribution in [0.3, 0.4) is 0 Å². The van der Waals surface area contributed by atoms with E-state index >= 15 is 0 Å². The van der Waals surface area contributed by atoms with Gasteiger partial charge in [-0.25, -0.2) is 14.8 Å². The molecule has 0 aliphatic carbocycles. The minimum atomic E-state index is -0.464. The maximum Gasteiger partial charge on any atom is 0.337 e. The summed E-state index contributed by atoms with van der Waals surface area (Å²) in [5.74, 6) is -0.106. The highest BCUT2D eigenvalue weighted by atomic mass is 79.9. The maximum atomic E-state index is 11.3. The molecule has 5 nitrogen and oxygen atoms in total. The van der Waals surface area contributed by atoms with E-state index in [4.69, 9.17) is 16.3 Å². The second kappa shape index (κ2) is 5.99. The van der Waals surface area contributed by atoms with Gasteiger partial charge in [0.05, 0.1) is 22.2 Å². The van der Waals surface area contributed by atoms with E-state index in [1.54, 1.807) is 24.5 Å². The fourth-order valence-electron chi connectivity index (χ4n) is 1.28. The zero-order valence-electron chi connectivity index (χ0n) is 9.76. The van der Waals surface area contributed by atoms with Crippen LogP contribution in [0, 0.1) is 0 Å². The summed E-state index contributed by atoms with van der Waals surface area (Å²) in [7, 11) is 1.30. The topological polar surface area (TPSA) is 61.3 Å². The highest BCUT2D eigenvalue weighted by molar-refractivity contribution is 9.10. The third-order valence-corrected chi connectivity index (χ3v) is 2.86. The third-order valence-electron chi connectivity index (χ3n) is 2.15. The number of esters is 1. The summed E-state index contributed by atoms with van der Waals surface area (Å²) in [6.07, 6.45) is 3.11. The van der Waals surface area contributed by atoms with E-state index in [0.717, 1.165) is 4.47 Å². The van der Waals surface area contributed by atoms with Crippen molar-refractivity contribution in [1.29, 1.82) is 0 Å². The van der Waals surface area contributed by atoms with Gasteiger partial charge in [-0.15, -0.1) is 0 Å². The smallest absolute Gasteiger partial charge is 0.337 e. The van der Waals surface area contributed by atoms with Crippen molar-refractivity contribution in [2.45, 2.75) is 0 Å². The molecule has 7 heteroatoms. The first kappa shape index (κ1) is 13.8. The van der Waals surface area contributed by atoms with Gasteiger partial charge in [0, 0.05) is 12.4 Å². The van der Waals surface area contributed by atoms with Crippen LogP contribution in [-0.4, -0.2) is 23.0 Å². The molecule has 2 aromatic rings. The maximum absolute atomic E-state index is 11.3. The van der Waals surface area contributed by atoms with E-state index in [-0.39, 0.29) is 11.0 Å². The molecular weight excluding hydrogens is 336 g/mol. The van der Waals surface area contributed by atoms with Gasteiger partial charge in [0.2, 0.25) is 0 Å². The monoisotopic (exact) mass is 342 g/mol. The molecule has 98 valence electrons. The Labute approximate surface area is 122 Å². The molecule has 0 fully saturated rings. The largest absolute Gasteiger partial charge is 0.465 e. The summed E-state index contributed by atoms with van der Waals surface area (Å²) in [5, 5.41) is 0.273. The van der Waals surface area contributed by atoms with E-state index in [2.05, 4.69) is 30.6 Å². The fourth-order valence-corrected chi connectivity index (χ4v) is 1.70. The van der Waals surface area contributed by atoms with Crippen LogP contribution >= 0.6 is 27.5 Å². The molecule has 0 atom stereocenters. The normalized spacial score (nSPS) is 10.1. The zero-order chi connectivity index (χ0) is 13.8. The number of methoxy groups -OCH3 is 1. The zero-order valence-corrected chi connectivity index (χ0v) is 12.1. The van der Waals surface area contributed by atoms with Gasteiger partial charge in [0.25, 0.3) is 0 Å². The highest BCUT2D eigenvalue weighted by Gasteiger charge is 2.10. The van der Waals surface area contributed by atoms with E-state index in [1.807, 2.05) is 0 Å². The lowest BCUT2D eigenvalue weighted by molar-refractivity contribution is 0.0600. The van der Waals surface area contributed by atoms with Crippen LogP contribution in [0.25, 0.3) is 0 Å². The molecular formula is C12H8BrClN2O3. The summed E-state index contributed by atoms with van der Waals surface area (Å²) in [6.45, 7) is 0. The standard InChI is InChI=1S/C12H8BrClN2O3/c1-18-11(17)7-2-3-10(9(14)4-7)19-12-15-5-8(13)6-16-12/h2-6H,1H3. The van der Waals surface area contributed by atoms with Crippen LogP contribution in [0.5, 0.6) is 11.8 Å². The Bertz CT molecular complexity index is 604. The van der Waals surface area contributed by atoms with Gasteiger partial charge in [-0.2, -0.15) is 0 Å². The Kier molecular flexibility index (Phi) is 4.34. The summed E-state index contributed by atoms with van der Waals surface area (Å²) in [6, 6.07) is 4.73. The van der Waals surface area contributed by atoms with Crippen molar-refractivity contribution in [1.82, 2.24) is 9.97 Å². The molecule has 0 saturated heterocycles. The number of nitrogens with zero attached hydrogens (tertiary/aromatic N) is 2. The van der Waals surface area contributed by atoms with Gasteiger partial charge in [-0.05, 0) is 34.1 Å². The second-order valence-corrected chi connectivity index (χ2v) is 4.75. The van der Waals surface area contributed by atoms with Gasteiger partial charge >= 0.3 is 12.0 Å². The molecule has 0 aliphatic heterocycles. The lowest BCUT2D eigenvalue weighted by atomic mass is 10.2. The predicted molar refractivity (Wildman–Crippen MR) is 72.6 cm³/mol. The summed E-state index contributed by atoms with van der Waals surface area (Å²) in [5.41, 5.74) is 0.344. The molecule has 1 aromatic heterocycles. The SMILES string of the molecule is COC(=O)c1ccc(Oc2ncc(Br)cn2)c(Cl)c1. The molecule has 0 unspecified atom stereocenters. The lowest BCUT2D eigenvalue weighted by Crippen LogP contribution is -2.01. The average Bonchev–Trinajstić information content (AvgIpc) is 2.42. The predicted octanol–water partition coefficient (Wildman–Crippen LogP) is 3.47. The Morgan fingerprint density at radius 3 is 2.58 bits per heavy atom. The first-order valence-corrected chi connectivity index (χ1v) is 6.30. The number of aromatic nitrogens is 2. The van der Waals surface area contributed by atoms with Crippen molar-refractivity contribution >= 4 is 33.5 Å². The van der Waals surface area contributed by atoms with E-state index < -0.39 is 5.97 Å². The molecule has 2 rings (SSSR count). The second-order valence-electron chi connectivity index (χ2n) is 3.42. The molecule has 19 heavy (non-hydrogen) atoms. The van der Waals surface area contributed by atoms with E-state index in [9.17, 15) is 4.79 Å². The van der Waals surface area contributed by atoms with Crippen LogP contribution < -0.4 is 4.74 Å². The number of hydrogen-bond donors (Lipinski definition) is 0. The van der Waals surface area contributed by atoms with Gasteiger partial charge in [0.1, 0.15) is 5.75 Å². The van der Waals surface area contributed by atoms with Gasteiger partial charge in [0.15, 0.2) is 0 Å². The molecule has 0 radical (unpaired) electrons. The minimum Gasteiger partial charge on any atom is -0.465 e. The fraction of sp³-hybridized carbons (Fsp3) is 0.0833. The van der Waals surface area contributed by atoms with Crippen molar-refractivity contribution in [2.75, 3.05) is 7.11 Å². The van der Waals surface area contributed by atoms with Crippen molar-refractivity contribution < 1.29 is 14.3 Å². The highest BCUT2D eigenvalue weighted by Crippen LogP contribution is 2.28. The van der Waals surface area contributed by atoms with Gasteiger partial charge in [-0.1, -0.05) is 11.6 Å². The minimum absolute atomic E-state index is 0.163. The first-order valence-electron chi connectivity index (χ1n) is 5.13. The summed E-state index contributed by atoms with van der Waals surface area (Å²) in [4.78, 5) is 19.2. The number of carbonyl (C=O) groups is 1. The molecule has 1 heterocycles.